The number of nitrogen functional groups attached to an aromatic ring is 1. The van der Waals surface area contributed by atoms with Crippen LogP contribution in [0.2, 0.25) is 0 Å². The molecule has 178 valence electrons. The van der Waals surface area contributed by atoms with E-state index in [1.165, 1.54) is 6.20 Å². The number of nitrogens with one attached hydrogen (secondary N) is 1. The van der Waals surface area contributed by atoms with E-state index in [-0.39, 0.29) is 18.0 Å². The summed E-state index contributed by atoms with van der Waals surface area (Å²) in [6.07, 6.45) is 2.03. The molecule has 1 aromatic carbocycles. The van der Waals surface area contributed by atoms with E-state index in [0.717, 1.165) is 18.9 Å². The second-order valence-corrected chi connectivity index (χ2v) is 7.73. The molecule has 0 bridgehead atoms. The lowest BCUT2D eigenvalue weighted by atomic mass is 10.2. The largest absolute Gasteiger partial charge is 0.491 e. The molecule has 34 heavy (non-hydrogen) atoms. The van der Waals surface area contributed by atoms with Crippen molar-refractivity contribution in [1.82, 2.24) is 15.0 Å². The van der Waals surface area contributed by atoms with Crippen LogP contribution in [-0.2, 0) is 0 Å². The highest BCUT2D eigenvalue weighted by Gasteiger charge is 2.21. The number of benzene rings is 1. The fourth-order valence-electron chi connectivity index (χ4n) is 3.46. The van der Waals surface area contributed by atoms with E-state index in [0.29, 0.717) is 30.5 Å². The number of amides is 1. The minimum Gasteiger partial charge on any atom is -0.491 e. The summed E-state index contributed by atoms with van der Waals surface area (Å²) in [7, 11) is 0. The Morgan fingerprint density at radius 1 is 1.12 bits per heavy atom. The number of ether oxygens (including phenoxy) is 1. The average molecular weight is 468 g/mol. The zero-order valence-electron chi connectivity index (χ0n) is 18.5. The van der Waals surface area contributed by atoms with Crippen molar-refractivity contribution in [2.75, 3.05) is 60.3 Å². The van der Waals surface area contributed by atoms with E-state index in [2.05, 4.69) is 25.2 Å². The minimum absolute atomic E-state index is 0.0924. The van der Waals surface area contributed by atoms with Crippen LogP contribution in [0.5, 0.6) is 5.75 Å². The Bertz CT molecular complexity index is 1090. The van der Waals surface area contributed by atoms with Crippen LogP contribution < -0.4 is 25.6 Å². The number of aromatic nitrogens is 3. The number of rotatable bonds is 8. The van der Waals surface area contributed by atoms with Crippen molar-refractivity contribution >= 4 is 29.2 Å². The molecule has 11 heteroatoms. The lowest BCUT2D eigenvalue weighted by molar-refractivity contribution is 0.0842. The fourth-order valence-corrected chi connectivity index (χ4v) is 3.46. The van der Waals surface area contributed by atoms with Gasteiger partial charge in [0.2, 0.25) is 5.95 Å². The predicted molar refractivity (Wildman–Crippen MR) is 127 cm³/mol. The Morgan fingerprint density at radius 3 is 2.50 bits per heavy atom. The van der Waals surface area contributed by atoms with Gasteiger partial charge in [0.25, 0.3) is 5.91 Å². The quantitative estimate of drug-likeness (QED) is 0.453. The lowest BCUT2D eigenvalue weighted by Gasteiger charge is -2.35. The summed E-state index contributed by atoms with van der Waals surface area (Å²) in [6, 6.07) is 12.3. The van der Waals surface area contributed by atoms with Gasteiger partial charge in [0.1, 0.15) is 42.3 Å². The molecule has 1 fully saturated rings. The highest BCUT2D eigenvalue weighted by molar-refractivity contribution is 6.07. The molecule has 2 aromatic heterocycles. The number of alkyl halides is 1. The van der Waals surface area contributed by atoms with Gasteiger partial charge in [-0.05, 0) is 36.4 Å². The maximum atomic E-state index is 12.7. The number of carbonyl (C=O) groups is 1. The molecule has 0 saturated carbocycles. The maximum Gasteiger partial charge on any atom is 0.260 e. The van der Waals surface area contributed by atoms with Crippen LogP contribution in [-0.4, -0.2) is 71.5 Å². The summed E-state index contributed by atoms with van der Waals surface area (Å²) in [5.41, 5.74) is 6.75. The van der Waals surface area contributed by atoms with Crippen molar-refractivity contribution in [3.05, 3.63) is 60.4 Å². The summed E-state index contributed by atoms with van der Waals surface area (Å²) >= 11 is 0. The third-order valence-corrected chi connectivity index (χ3v) is 5.32. The Kier molecular flexibility index (Phi) is 7.33. The van der Waals surface area contributed by atoms with Crippen LogP contribution in [0, 0.1) is 0 Å². The van der Waals surface area contributed by atoms with Gasteiger partial charge in [-0.2, -0.15) is 4.98 Å². The molecule has 4 rings (SSSR count). The smallest absolute Gasteiger partial charge is 0.260 e. The van der Waals surface area contributed by atoms with Crippen molar-refractivity contribution in [3.63, 3.8) is 0 Å². The molecule has 1 aliphatic heterocycles. The first-order chi connectivity index (χ1) is 16.5. The minimum atomic E-state index is -1.17. The van der Waals surface area contributed by atoms with E-state index < -0.39 is 18.7 Å². The molecular weight excluding hydrogens is 441 g/mol. The number of nitrogens with zero attached hydrogens (tertiary/aromatic N) is 5. The molecule has 3 aromatic rings. The molecule has 0 aliphatic carbocycles. The number of aliphatic hydroxyl groups excluding tert-OH is 1. The maximum absolute atomic E-state index is 12.7. The van der Waals surface area contributed by atoms with E-state index in [4.69, 9.17) is 10.5 Å². The molecule has 3 heterocycles. The van der Waals surface area contributed by atoms with E-state index in [9.17, 15) is 14.3 Å². The normalized spacial score (nSPS) is 14.5. The van der Waals surface area contributed by atoms with Gasteiger partial charge in [-0.15, -0.1) is 0 Å². The second kappa shape index (κ2) is 10.8. The van der Waals surface area contributed by atoms with Crippen molar-refractivity contribution < 1.29 is 19.0 Å². The van der Waals surface area contributed by atoms with Crippen LogP contribution in [0.3, 0.4) is 0 Å². The summed E-state index contributed by atoms with van der Waals surface area (Å²) in [6.45, 7) is 1.93. The van der Waals surface area contributed by atoms with Gasteiger partial charge in [0.05, 0.1) is 0 Å². The van der Waals surface area contributed by atoms with E-state index in [1.54, 1.807) is 30.5 Å². The Hall–Kier alpha value is -3.99. The molecule has 4 N–H and O–H groups in total. The topological polar surface area (TPSA) is 130 Å². The number of carbonyl (C=O) groups excluding carboxylic acids is 1. The summed E-state index contributed by atoms with van der Waals surface area (Å²) in [5.74, 6) is 1.51. The van der Waals surface area contributed by atoms with E-state index >= 15 is 0 Å². The van der Waals surface area contributed by atoms with Gasteiger partial charge in [0.15, 0.2) is 0 Å². The first-order valence-corrected chi connectivity index (χ1v) is 10.8. The Balaban J connectivity index is 1.33. The molecule has 10 nitrogen and oxygen atoms in total. The molecule has 0 unspecified atom stereocenters. The fraction of sp³-hybridized carbons (Fsp3) is 0.304. The van der Waals surface area contributed by atoms with Crippen LogP contribution >= 0.6 is 0 Å². The first kappa shape index (κ1) is 23.2. The van der Waals surface area contributed by atoms with Crippen molar-refractivity contribution in [1.29, 1.82) is 0 Å². The van der Waals surface area contributed by atoms with Gasteiger partial charge in [-0.1, -0.05) is 6.07 Å². The number of halogens is 1. The predicted octanol–water partition coefficient (Wildman–Crippen LogP) is 1.74. The molecule has 1 saturated heterocycles. The molecule has 0 radical (unpaired) electrons. The van der Waals surface area contributed by atoms with Crippen LogP contribution in [0.1, 0.15) is 10.4 Å². The van der Waals surface area contributed by atoms with E-state index in [1.807, 2.05) is 23.1 Å². The van der Waals surface area contributed by atoms with Crippen molar-refractivity contribution in [2.45, 2.75) is 6.10 Å². The standard InChI is InChI=1S/C23H26FN7O3/c24-13-17(32)15-34-18-6-4-16(5-7-18)28-22(33)19-14-27-23(29-21(19)25)31-11-9-30(10-12-31)20-3-1-2-8-26-20/h1-8,14,17,32H,9-13,15H2,(H,28,33)(H2,25,27,29)/t17-/m0/s1. The number of anilines is 4. The van der Waals surface area contributed by atoms with Crippen molar-refractivity contribution in [3.8, 4) is 5.75 Å². The number of nitrogens with two attached hydrogens (primary N) is 1. The molecular formula is C23H26FN7O3. The Labute approximate surface area is 196 Å². The summed E-state index contributed by atoms with van der Waals surface area (Å²) < 4.78 is 17.6. The summed E-state index contributed by atoms with van der Waals surface area (Å²) in [5, 5.41) is 12.0. The number of hydrogen-bond donors (Lipinski definition) is 3. The first-order valence-electron chi connectivity index (χ1n) is 10.8. The average Bonchev–Trinajstić information content (AvgIpc) is 2.88. The van der Waals surface area contributed by atoms with Crippen LogP contribution in [0.15, 0.2) is 54.9 Å². The van der Waals surface area contributed by atoms with Gasteiger partial charge < -0.3 is 30.7 Å². The zero-order valence-corrected chi connectivity index (χ0v) is 18.5. The van der Waals surface area contributed by atoms with Crippen LogP contribution in [0.25, 0.3) is 0 Å². The monoisotopic (exact) mass is 467 g/mol. The van der Waals surface area contributed by atoms with Gasteiger partial charge in [-0.25, -0.2) is 14.4 Å². The third-order valence-electron chi connectivity index (χ3n) is 5.32. The van der Waals surface area contributed by atoms with Crippen molar-refractivity contribution in [2.24, 2.45) is 0 Å². The summed E-state index contributed by atoms with van der Waals surface area (Å²) in [4.78, 5) is 30.0. The van der Waals surface area contributed by atoms with Gasteiger partial charge in [-0.3, -0.25) is 4.79 Å². The highest BCUT2D eigenvalue weighted by atomic mass is 19.1. The second-order valence-electron chi connectivity index (χ2n) is 7.73. The highest BCUT2D eigenvalue weighted by Crippen LogP contribution is 2.20. The molecule has 1 amide bonds. The van der Waals surface area contributed by atoms with Gasteiger partial charge >= 0.3 is 0 Å². The zero-order chi connectivity index (χ0) is 23.9. The molecule has 0 spiro atoms. The number of aliphatic hydroxyl groups is 1. The molecule has 1 aliphatic rings. The third kappa shape index (κ3) is 5.67. The number of piperazine rings is 1. The number of hydrogen-bond acceptors (Lipinski definition) is 9. The van der Waals surface area contributed by atoms with Crippen LogP contribution in [0.4, 0.5) is 27.7 Å². The lowest BCUT2D eigenvalue weighted by Crippen LogP contribution is -2.47. The Morgan fingerprint density at radius 2 is 1.85 bits per heavy atom. The SMILES string of the molecule is Nc1nc(N2CCN(c3ccccn3)CC2)ncc1C(=O)Nc1ccc(OC[C@@H](O)CF)cc1. The number of pyridine rings is 1. The molecule has 1 atom stereocenters. The van der Waals surface area contributed by atoms with Gasteiger partial charge in [0, 0.05) is 44.3 Å².